The highest BCUT2D eigenvalue weighted by atomic mass is 35.5. The molecule has 0 saturated carbocycles. The number of aryl methyl sites for hydroxylation is 1. The molecule has 3 N–H and O–H groups in total. The Balaban J connectivity index is 0.00000144. The lowest BCUT2D eigenvalue weighted by atomic mass is 10.1. The summed E-state index contributed by atoms with van der Waals surface area (Å²) in [5.41, 5.74) is 12.3. The van der Waals surface area contributed by atoms with Gasteiger partial charge >= 0.3 is 0 Å². The van der Waals surface area contributed by atoms with Crippen LogP contribution in [0.15, 0.2) is 55.2 Å². The number of hydrogen-bond acceptors (Lipinski definition) is 7. The van der Waals surface area contributed by atoms with Crippen LogP contribution in [0.25, 0.3) is 43.0 Å². The molecule has 0 radical (unpaired) electrons. The summed E-state index contributed by atoms with van der Waals surface area (Å²) in [5.74, 6) is 0.478. The SMILES string of the molecule is Cl.Cl.Cn1cc(-c2cccc3nc(-c4cc(-c5cnn(C6CCNCC6)c5)cnc4N)sc23)cn1. The Morgan fingerprint density at radius 2 is 1.77 bits per heavy atom. The molecule has 5 aromatic rings. The minimum absolute atomic E-state index is 0. The molecule has 5 heterocycles. The number of anilines is 1. The molecule has 1 aliphatic rings. The van der Waals surface area contributed by atoms with E-state index in [1.165, 1.54) is 0 Å². The van der Waals surface area contributed by atoms with Crippen LogP contribution < -0.4 is 11.1 Å². The molecular weight excluding hydrogens is 503 g/mol. The van der Waals surface area contributed by atoms with E-state index >= 15 is 0 Å². The lowest BCUT2D eigenvalue weighted by molar-refractivity contribution is 0.343. The minimum atomic E-state index is 0. The van der Waals surface area contributed by atoms with Crippen LogP contribution in [0.1, 0.15) is 18.9 Å². The molecule has 1 saturated heterocycles. The van der Waals surface area contributed by atoms with E-state index in [1.807, 2.05) is 48.6 Å². The minimum Gasteiger partial charge on any atom is -0.383 e. The summed E-state index contributed by atoms with van der Waals surface area (Å²) in [5, 5.41) is 13.2. The van der Waals surface area contributed by atoms with Crippen molar-refractivity contribution in [3.63, 3.8) is 0 Å². The highest BCUT2D eigenvalue weighted by molar-refractivity contribution is 7.22. The van der Waals surface area contributed by atoms with Gasteiger partial charge in [-0.05, 0) is 38.1 Å². The van der Waals surface area contributed by atoms with Gasteiger partial charge in [-0.15, -0.1) is 36.2 Å². The van der Waals surface area contributed by atoms with Crippen molar-refractivity contribution < 1.29 is 0 Å². The largest absolute Gasteiger partial charge is 0.383 e. The Kier molecular flexibility index (Phi) is 7.42. The quantitative estimate of drug-likeness (QED) is 0.341. The molecule has 11 heteroatoms. The van der Waals surface area contributed by atoms with Gasteiger partial charge in [-0.25, -0.2) is 9.97 Å². The molecule has 8 nitrogen and oxygen atoms in total. The summed E-state index contributed by atoms with van der Waals surface area (Å²) in [6, 6.07) is 8.69. The fourth-order valence-corrected chi connectivity index (χ4v) is 5.54. The predicted molar refractivity (Wildman–Crippen MR) is 146 cm³/mol. The number of nitrogen functional groups attached to an aromatic ring is 1. The molecule has 182 valence electrons. The predicted octanol–water partition coefficient (Wildman–Crippen LogP) is 4.97. The van der Waals surface area contributed by atoms with E-state index in [4.69, 9.17) is 10.7 Å². The Bertz CT molecular complexity index is 1450. The Hall–Kier alpha value is -2.98. The number of rotatable bonds is 4. The highest BCUT2D eigenvalue weighted by Crippen LogP contribution is 2.39. The average molecular weight is 530 g/mol. The highest BCUT2D eigenvalue weighted by Gasteiger charge is 2.18. The van der Waals surface area contributed by atoms with Crippen LogP contribution in [0.3, 0.4) is 0 Å². The second kappa shape index (κ2) is 10.3. The van der Waals surface area contributed by atoms with Gasteiger partial charge in [0.2, 0.25) is 0 Å². The molecule has 35 heavy (non-hydrogen) atoms. The van der Waals surface area contributed by atoms with Crippen LogP contribution in [0.2, 0.25) is 0 Å². The zero-order valence-corrected chi connectivity index (χ0v) is 21.5. The van der Waals surface area contributed by atoms with Gasteiger partial charge in [0.25, 0.3) is 0 Å². The topological polar surface area (TPSA) is 99.5 Å². The molecule has 0 unspecified atom stereocenters. The summed E-state index contributed by atoms with van der Waals surface area (Å²) in [6.45, 7) is 2.07. The first-order valence-corrected chi connectivity index (χ1v) is 11.9. The van der Waals surface area contributed by atoms with Crippen LogP contribution in [0.5, 0.6) is 0 Å². The van der Waals surface area contributed by atoms with Crippen molar-refractivity contribution in [2.24, 2.45) is 7.05 Å². The van der Waals surface area contributed by atoms with Gasteiger partial charge in [-0.1, -0.05) is 12.1 Å². The van der Waals surface area contributed by atoms with E-state index in [-0.39, 0.29) is 24.8 Å². The molecule has 0 bridgehead atoms. The van der Waals surface area contributed by atoms with Crippen LogP contribution in [-0.2, 0) is 7.05 Å². The van der Waals surface area contributed by atoms with Gasteiger partial charge < -0.3 is 11.1 Å². The molecule has 4 aromatic heterocycles. The first kappa shape index (κ1) is 25.1. The second-order valence-electron chi connectivity index (χ2n) is 8.42. The fourth-order valence-electron chi connectivity index (χ4n) is 4.41. The molecule has 6 rings (SSSR count). The summed E-state index contributed by atoms with van der Waals surface area (Å²) in [7, 11) is 1.92. The molecule has 0 atom stereocenters. The van der Waals surface area contributed by atoms with Crippen molar-refractivity contribution in [1.82, 2.24) is 34.8 Å². The molecule has 1 aliphatic heterocycles. The number of hydrogen-bond donors (Lipinski definition) is 2. The van der Waals surface area contributed by atoms with Crippen molar-refractivity contribution >= 4 is 52.2 Å². The number of halogens is 2. The average Bonchev–Trinajstić information content (AvgIpc) is 3.59. The van der Waals surface area contributed by atoms with E-state index in [0.29, 0.717) is 11.9 Å². The number of nitrogens with zero attached hydrogens (tertiary/aromatic N) is 6. The van der Waals surface area contributed by atoms with Crippen LogP contribution in [-0.4, -0.2) is 42.6 Å². The number of fused-ring (bicyclic) bond motifs is 1. The molecule has 0 aliphatic carbocycles. The monoisotopic (exact) mass is 528 g/mol. The lowest BCUT2D eigenvalue weighted by Crippen LogP contribution is -2.29. The van der Waals surface area contributed by atoms with Crippen molar-refractivity contribution in [2.75, 3.05) is 18.8 Å². The Morgan fingerprint density at radius 3 is 2.54 bits per heavy atom. The van der Waals surface area contributed by atoms with Crippen molar-refractivity contribution in [2.45, 2.75) is 18.9 Å². The fraction of sp³-hybridized carbons (Fsp3) is 0.250. The lowest BCUT2D eigenvalue weighted by Gasteiger charge is -2.22. The number of pyridine rings is 1. The Morgan fingerprint density at radius 1 is 0.971 bits per heavy atom. The molecule has 0 amide bonds. The van der Waals surface area contributed by atoms with Gasteiger partial charge in [-0.3, -0.25) is 9.36 Å². The number of benzene rings is 1. The van der Waals surface area contributed by atoms with Gasteiger partial charge in [0.05, 0.1) is 34.2 Å². The molecule has 1 fully saturated rings. The van der Waals surface area contributed by atoms with Crippen molar-refractivity contribution in [3.8, 4) is 32.8 Å². The Labute approximate surface area is 219 Å². The van der Waals surface area contributed by atoms with E-state index < -0.39 is 0 Å². The third-order valence-electron chi connectivity index (χ3n) is 6.20. The van der Waals surface area contributed by atoms with Crippen molar-refractivity contribution in [1.29, 1.82) is 0 Å². The molecule has 1 aromatic carbocycles. The van der Waals surface area contributed by atoms with Crippen LogP contribution >= 0.6 is 36.2 Å². The van der Waals surface area contributed by atoms with E-state index in [2.05, 4.69) is 43.5 Å². The first-order chi connectivity index (χ1) is 16.2. The maximum Gasteiger partial charge on any atom is 0.133 e. The van der Waals surface area contributed by atoms with Gasteiger partial charge in [0, 0.05) is 47.9 Å². The van der Waals surface area contributed by atoms with Crippen LogP contribution in [0, 0.1) is 0 Å². The summed E-state index contributed by atoms with van der Waals surface area (Å²) in [4.78, 5) is 9.39. The first-order valence-electron chi connectivity index (χ1n) is 11.1. The zero-order valence-electron chi connectivity index (χ0n) is 19.1. The summed E-state index contributed by atoms with van der Waals surface area (Å²) >= 11 is 1.63. The van der Waals surface area contributed by atoms with Gasteiger partial charge in [0.15, 0.2) is 0 Å². The number of thiazole rings is 1. The van der Waals surface area contributed by atoms with Gasteiger partial charge in [-0.2, -0.15) is 10.2 Å². The van der Waals surface area contributed by atoms with Gasteiger partial charge in [0.1, 0.15) is 10.8 Å². The third-order valence-corrected chi connectivity index (χ3v) is 7.34. The van der Waals surface area contributed by atoms with E-state index in [0.717, 1.165) is 69.0 Å². The molecule has 0 spiro atoms. The number of aromatic nitrogens is 6. The number of nitrogens with one attached hydrogen (secondary N) is 1. The summed E-state index contributed by atoms with van der Waals surface area (Å²) in [6.07, 6.45) is 11.9. The maximum absolute atomic E-state index is 6.31. The van der Waals surface area contributed by atoms with Crippen LogP contribution in [0.4, 0.5) is 5.82 Å². The number of piperidine rings is 1. The summed E-state index contributed by atoms with van der Waals surface area (Å²) < 4.78 is 5.01. The normalized spacial score (nSPS) is 14.0. The van der Waals surface area contributed by atoms with E-state index in [1.54, 1.807) is 11.3 Å². The third kappa shape index (κ3) is 4.77. The smallest absolute Gasteiger partial charge is 0.133 e. The zero-order chi connectivity index (χ0) is 22.4. The number of nitrogens with two attached hydrogens (primary N) is 1. The van der Waals surface area contributed by atoms with Crippen molar-refractivity contribution in [3.05, 3.63) is 55.2 Å². The second-order valence-corrected chi connectivity index (χ2v) is 9.42. The standard InChI is InChI=1S/C24H24N8S.2ClH/c1-31-13-17(12-28-31)19-3-2-4-21-22(19)33-24(30-21)20-9-15(10-27-23(20)25)16-11-29-32(14-16)18-5-7-26-8-6-18;;/h2-4,9-14,18,26H,5-8H2,1H3,(H2,25,27);2*1H. The maximum atomic E-state index is 6.31. The van der Waals surface area contributed by atoms with E-state index in [9.17, 15) is 0 Å². The molecular formula is C24H26Cl2N8S.